The zero-order chi connectivity index (χ0) is 25.4. The number of carbonyl (C=O) groups is 4. The minimum Gasteiger partial charge on any atom is -0.480 e. The van der Waals surface area contributed by atoms with E-state index in [1.54, 1.807) is 13.1 Å². The van der Waals surface area contributed by atoms with E-state index in [1.807, 2.05) is 31.2 Å². The molecule has 3 amide bonds. The topological polar surface area (TPSA) is 187 Å². The fraction of sp³-hybridized carbons (Fsp3) is 0.478. The van der Waals surface area contributed by atoms with Crippen molar-refractivity contribution in [3.8, 4) is 0 Å². The van der Waals surface area contributed by atoms with Crippen LogP contribution in [0.4, 0.5) is 0 Å². The number of nitrogens with two attached hydrogens (primary N) is 1. The SMILES string of the molecule is CCC(C)C(NC(=O)C(Cc1c[nH]c2ccccc12)NC(=O)CN)C(=O)NC(C(=O)O)C(C)O. The molecule has 0 saturated carbocycles. The summed E-state index contributed by atoms with van der Waals surface area (Å²) in [6.07, 6.45) is 1.06. The van der Waals surface area contributed by atoms with Gasteiger partial charge < -0.3 is 36.9 Å². The highest BCUT2D eigenvalue weighted by Crippen LogP contribution is 2.19. The third-order valence-electron chi connectivity index (χ3n) is 5.78. The number of aliphatic hydroxyl groups excluding tert-OH is 1. The molecule has 0 fully saturated rings. The van der Waals surface area contributed by atoms with Crippen molar-refractivity contribution in [1.29, 1.82) is 0 Å². The van der Waals surface area contributed by atoms with Crippen LogP contribution < -0.4 is 21.7 Å². The van der Waals surface area contributed by atoms with Crippen molar-refractivity contribution in [3.63, 3.8) is 0 Å². The number of para-hydroxylation sites is 1. The van der Waals surface area contributed by atoms with Gasteiger partial charge in [-0.15, -0.1) is 0 Å². The van der Waals surface area contributed by atoms with Gasteiger partial charge in [-0.25, -0.2) is 4.79 Å². The molecule has 5 atom stereocenters. The van der Waals surface area contributed by atoms with Crippen molar-refractivity contribution in [1.82, 2.24) is 20.9 Å². The summed E-state index contributed by atoms with van der Waals surface area (Å²) in [7, 11) is 0. The summed E-state index contributed by atoms with van der Waals surface area (Å²) in [5.74, 6) is -3.65. The van der Waals surface area contributed by atoms with Crippen LogP contribution in [-0.4, -0.2) is 69.7 Å². The lowest BCUT2D eigenvalue weighted by atomic mass is 9.96. The molecule has 0 spiro atoms. The van der Waals surface area contributed by atoms with E-state index in [-0.39, 0.29) is 18.9 Å². The summed E-state index contributed by atoms with van der Waals surface area (Å²) in [5.41, 5.74) is 7.08. The Bertz CT molecular complexity index is 1020. The van der Waals surface area contributed by atoms with E-state index in [2.05, 4.69) is 20.9 Å². The van der Waals surface area contributed by atoms with E-state index in [9.17, 15) is 29.4 Å². The minimum absolute atomic E-state index is 0.141. The van der Waals surface area contributed by atoms with Gasteiger partial charge in [-0.1, -0.05) is 38.5 Å². The molecule has 34 heavy (non-hydrogen) atoms. The second-order valence-corrected chi connectivity index (χ2v) is 8.32. The number of fused-ring (bicyclic) bond motifs is 1. The first kappa shape index (κ1) is 26.8. The highest BCUT2D eigenvalue weighted by molar-refractivity contribution is 5.94. The Morgan fingerprint density at radius 3 is 2.26 bits per heavy atom. The van der Waals surface area contributed by atoms with Crippen molar-refractivity contribution in [3.05, 3.63) is 36.0 Å². The Kier molecular flexibility index (Phi) is 9.58. The van der Waals surface area contributed by atoms with E-state index in [1.165, 1.54) is 6.92 Å². The van der Waals surface area contributed by atoms with Crippen LogP contribution in [0.2, 0.25) is 0 Å². The molecule has 8 N–H and O–H groups in total. The molecule has 2 rings (SSSR count). The lowest BCUT2D eigenvalue weighted by Gasteiger charge is -2.28. The largest absolute Gasteiger partial charge is 0.480 e. The second-order valence-electron chi connectivity index (χ2n) is 8.32. The molecule has 1 aromatic carbocycles. The van der Waals surface area contributed by atoms with Crippen LogP contribution in [0.25, 0.3) is 10.9 Å². The number of amides is 3. The lowest BCUT2D eigenvalue weighted by molar-refractivity contribution is -0.145. The third kappa shape index (κ3) is 6.78. The van der Waals surface area contributed by atoms with Crippen LogP contribution in [0.1, 0.15) is 32.8 Å². The van der Waals surface area contributed by atoms with Crippen LogP contribution in [0.3, 0.4) is 0 Å². The Labute approximate surface area is 197 Å². The van der Waals surface area contributed by atoms with Gasteiger partial charge in [-0.3, -0.25) is 14.4 Å². The quantitative estimate of drug-likeness (QED) is 0.218. The maximum Gasteiger partial charge on any atom is 0.328 e. The van der Waals surface area contributed by atoms with Gasteiger partial charge in [0.25, 0.3) is 0 Å². The first-order chi connectivity index (χ1) is 16.1. The van der Waals surface area contributed by atoms with Gasteiger partial charge in [0.15, 0.2) is 6.04 Å². The summed E-state index contributed by atoms with van der Waals surface area (Å²) in [6.45, 7) is 4.48. The van der Waals surface area contributed by atoms with Crippen LogP contribution in [0, 0.1) is 5.92 Å². The molecule has 0 aliphatic rings. The van der Waals surface area contributed by atoms with E-state index in [0.717, 1.165) is 16.5 Å². The molecule has 1 heterocycles. The fourth-order valence-corrected chi connectivity index (χ4v) is 3.57. The number of carboxylic acids is 1. The van der Waals surface area contributed by atoms with E-state index in [0.29, 0.717) is 6.42 Å². The Morgan fingerprint density at radius 1 is 1.03 bits per heavy atom. The van der Waals surface area contributed by atoms with Crippen molar-refractivity contribution in [2.45, 2.75) is 57.8 Å². The van der Waals surface area contributed by atoms with E-state index in [4.69, 9.17) is 5.73 Å². The van der Waals surface area contributed by atoms with Gasteiger partial charge in [0.1, 0.15) is 12.1 Å². The average molecular weight is 476 g/mol. The second kappa shape index (κ2) is 12.1. The monoisotopic (exact) mass is 475 g/mol. The first-order valence-corrected chi connectivity index (χ1v) is 11.1. The molecule has 11 heteroatoms. The zero-order valence-corrected chi connectivity index (χ0v) is 19.5. The number of hydrogen-bond acceptors (Lipinski definition) is 6. The molecular formula is C23H33N5O6. The normalized spacial score (nSPS) is 15.6. The summed E-state index contributed by atoms with van der Waals surface area (Å²) < 4.78 is 0. The molecule has 0 radical (unpaired) electrons. The molecule has 0 aliphatic heterocycles. The number of H-pyrrole nitrogens is 1. The van der Waals surface area contributed by atoms with Crippen LogP contribution in [0.15, 0.2) is 30.5 Å². The van der Waals surface area contributed by atoms with E-state index >= 15 is 0 Å². The highest BCUT2D eigenvalue weighted by atomic mass is 16.4. The molecule has 0 aliphatic carbocycles. The van der Waals surface area contributed by atoms with Gasteiger partial charge in [0.2, 0.25) is 17.7 Å². The van der Waals surface area contributed by atoms with E-state index < -0.39 is 47.9 Å². The Balaban J connectivity index is 2.27. The standard InChI is InChI=1S/C23H33N5O6/c1-4-12(2)19(22(32)28-20(13(3)29)23(33)34)27-21(31)17(26-18(30)10-24)9-14-11-25-16-8-6-5-7-15(14)16/h5-8,11-13,17,19-20,25,29H,4,9-10,24H2,1-3H3,(H,26,30)(H,27,31)(H,28,32)(H,33,34). The fourth-order valence-electron chi connectivity index (χ4n) is 3.57. The number of aliphatic hydroxyl groups is 1. The minimum atomic E-state index is -1.53. The predicted molar refractivity (Wildman–Crippen MR) is 126 cm³/mol. The van der Waals surface area contributed by atoms with Gasteiger partial charge in [0.05, 0.1) is 12.6 Å². The van der Waals surface area contributed by atoms with Crippen LogP contribution >= 0.6 is 0 Å². The van der Waals surface area contributed by atoms with Crippen LogP contribution in [0.5, 0.6) is 0 Å². The summed E-state index contributed by atoms with van der Waals surface area (Å²) in [4.78, 5) is 52.6. The number of nitrogens with one attached hydrogen (secondary N) is 4. The van der Waals surface area contributed by atoms with Crippen molar-refractivity contribution >= 4 is 34.6 Å². The van der Waals surface area contributed by atoms with Gasteiger partial charge >= 0.3 is 5.97 Å². The number of rotatable bonds is 12. The molecule has 2 aromatic rings. The van der Waals surface area contributed by atoms with Gasteiger partial charge in [-0.05, 0) is 24.5 Å². The number of carboxylic acid groups (broad SMARTS) is 1. The van der Waals surface area contributed by atoms with Gasteiger partial charge in [0, 0.05) is 23.5 Å². The molecule has 11 nitrogen and oxygen atoms in total. The molecular weight excluding hydrogens is 442 g/mol. The average Bonchev–Trinajstić information content (AvgIpc) is 3.21. The smallest absolute Gasteiger partial charge is 0.328 e. The molecule has 0 bridgehead atoms. The third-order valence-corrected chi connectivity index (χ3v) is 5.78. The molecule has 186 valence electrons. The maximum absolute atomic E-state index is 13.2. The zero-order valence-electron chi connectivity index (χ0n) is 19.5. The number of aromatic amines is 1. The molecule has 1 aromatic heterocycles. The van der Waals surface area contributed by atoms with Gasteiger partial charge in [-0.2, -0.15) is 0 Å². The maximum atomic E-state index is 13.2. The lowest BCUT2D eigenvalue weighted by Crippen LogP contribution is -2.59. The van der Waals surface area contributed by atoms with Crippen molar-refractivity contribution < 1.29 is 29.4 Å². The number of hydrogen-bond donors (Lipinski definition) is 7. The molecule has 0 saturated heterocycles. The number of aromatic nitrogens is 1. The number of carbonyl (C=O) groups excluding carboxylic acids is 3. The first-order valence-electron chi connectivity index (χ1n) is 11.1. The summed E-state index contributed by atoms with van der Waals surface area (Å²) >= 11 is 0. The van der Waals surface area contributed by atoms with Crippen molar-refractivity contribution in [2.75, 3.05) is 6.54 Å². The summed E-state index contributed by atoms with van der Waals surface area (Å²) in [6, 6.07) is 3.86. The summed E-state index contributed by atoms with van der Waals surface area (Å²) in [5, 5.41) is 27.4. The number of aliphatic carboxylic acids is 1. The van der Waals surface area contributed by atoms with Crippen molar-refractivity contribution in [2.24, 2.45) is 11.7 Å². The molecule has 5 unspecified atom stereocenters. The highest BCUT2D eigenvalue weighted by Gasteiger charge is 2.33. The Morgan fingerprint density at radius 2 is 1.68 bits per heavy atom. The number of benzene rings is 1. The van der Waals surface area contributed by atoms with Crippen LogP contribution in [-0.2, 0) is 25.6 Å². The Hall–Kier alpha value is -3.44. The predicted octanol–water partition coefficient (Wildman–Crippen LogP) is -0.365.